The second-order valence-electron chi connectivity index (χ2n) is 10.8. The minimum absolute atomic E-state index is 0.100. The van der Waals surface area contributed by atoms with E-state index in [1.165, 1.54) is 25.7 Å². The summed E-state index contributed by atoms with van der Waals surface area (Å²) in [5.41, 5.74) is 2.09. The van der Waals surface area contributed by atoms with Crippen LogP contribution in [-0.2, 0) is 26.8 Å². The van der Waals surface area contributed by atoms with E-state index >= 15 is 0 Å². The van der Waals surface area contributed by atoms with Gasteiger partial charge in [0.15, 0.2) is 0 Å². The first-order chi connectivity index (χ1) is 16.1. The molecule has 2 fully saturated rings. The molecule has 1 saturated heterocycles. The number of carbonyl (C=O) groups excluding carboxylic acids is 1. The van der Waals surface area contributed by atoms with Gasteiger partial charge < -0.3 is 9.80 Å². The lowest BCUT2D eigenvalue weighted by Crippen LogP contribution is -2.58. The molecule has 0 atom stereocenters. The minimum Gasteiger partial charge on any atom is -0.336 e. The summed E-state index contributed by atoms with van der Waals surface area (Å²) in [4.78, 5) is 18.2. The third-order valence-electron chi connectivity index (χ3n) is 8.41. The molecule has 1 N–H and O–H groups in total. The van der Waals surface area contributed by atoms with Crippen molar-refractivity contribution in [3.8, 4) is 6.07 Å². The molecule has 1 saturated carbocycles. The molecule has 2 aliphatic heterocycles. The van der Waals surface area contributed by atoms with Gasteiger partial charge in [-0.05, 0) is 86.7 Å². The highest BCUT2D eigenvalue weighted by Crippen LogP contribution is 2.44. The van der Waals surface area contributed by atoms with Crippen molar-refractivity contribution >= 4 is 15.9 Å². The van der Waals surface area contributed by atoms with E-state index in [9.17, 15) is 18.5 Å². The number of fused-ring (bicyclic) bond motifs is 2. The van der Waals surface area contributed by atoms with Gasteiger partial charge in [0, 0.05) is 25.7 Å². The number of benzene rings is 1. The Balaban J connectivity index is 1.51. The predicted molar refractivity (Wildman–Crippen MR) is 132 cm³/mol. The van der Waals surface area contributed by atoms with Crippen molar-refractivity contribution < 1.29 is 13.2 Å². The second-order valence-corrected chi connectivity index (χ2v) is 12.6. The molecule has 0 bridgehead atoms. The van der Waals surface area contributed by atoms with E-state index in [0.29, 0.717) is 24.7 Å². The number of piperidine rings is 1. The van der Waals surface area contributed by atoms with E-state index in [0.717, 1.165) is 55.1 Å². The number of likely N-dealkylation sites (tertiary alicyclic amines) is 1. The van der Waals surface area contributed by atoms with E-state index in [1.807, 2.05) is 18.2 Å². The van der Waals surface area contributed by atoms with Crippen molar-refractivity contribution in [1.82, 2.24) is 14.5 Å². The van der Waals surface area contributed by atoms with Crippen LogP contribution in [0.25, 0.3) is 0 Å². The predicted octanol–water partition coefficient (Wildman–Crippen LogP) is 3.00. The highest BCUT2D eigenvalue weighted by molar-refractivity contribution is 7.88. The van der Waals surface area contributed by atoms with Gasteiger partial charge in [-0.1, -0.05) is 19.9 Å². The van der Waals surface area contributed by atoms with E-state index in [4.69, 9.17) is 0 Å². The lowest BCUT2D eigenvalue weighted by molar-refractivity contribution is -0.142. The largest absolute Gasteiger partial charge is 0.336 e. The van der Waals surface area contributed by atoms with Gasteiger partial charge in [0.1, 0.15) is 0 Å². The van der Waals surface area contributed by atoms with Gasteiger partial charge in [-0.25, -0.2) is 13.1 Å². The van der Waals surface area contributed by atoms with Crippen molar-refractivity contribution in [3.05, 3.63) is 34.9 Å². The minimum atomic E-state index is -3.31. The van der Waals surface area contributed by atoms with Crippen LogP contribution in [0.15, 0.2) is 18.2 Å². The summed E-state index contributed by atoms with van der Waals surface area (Å²) < 4.78 is 25.5. The number of sulfonamides is 1. The van der Waals surface area contributed by atoms with Crippen LogP contribution >= 0.6 is 0 Å². The van der Waals surface area contributed by atoms with E-state index in [2.05, 4.69) is 29.5 Å². The van der Waals surface area contributed by atoms with Gasteiger partial charge in [-0.2, -0.15) is 5.26 Å². The smallest absolute Gasteiger partial charge is 0.233 e. The Morgan fingerprint density at radius 1 is 1.18 bits per heavy atom. The van der Waals surface area contributed by atoms with Gasteiger partial charge in [0.25, 0.3) is 0 Å². The zero-order valence-electron chi connectivity index (χ0n) is 20.7. The molecule has 186 valence electrons. The SMILES string of the molecule is CC(C)[C@H]1CC[C@@H](N2CCC3(CC2)C(=O)N(CCNS(C)(=O)=O)Cc2cc(C#N)ccc23)CC1. The first-order valence-corrected chi connectivity index (χ1v) is 14.5. The van der Waals surface area contributed by atoms with Gasteiger partial charge in [0.05, 0.1) is 23.3 Å². The number of hydrogen-bond donors (Lipinski definition) is 1. The Morgan fingerprint density at radius 3 is 2.44 bits per heavy atom. The molecule has 4 rings (SSSR count). The number of nitriles is 1. The van der Waals surface area contributed by atoms with Crippen LogP contribution < -0.4 is 4.72 Å². The highest BCUT2D eigenvalue weighted by Gasteiger charge is 2.49. The number of amides is 1. The number of nitrogens with zero attached hydrogens (tertiary/aromatic N) is 3. The molecule has 1 amide bonds. The summed E-state index contributed by atoms with van der Waals surface area (Å²) in [6, 6.07) is 8.55. The summed E-state index contributed by atoms with van der Waals surface area (Å²) in [7, 11) is -3.31. The third-order valence-corrected chi connectivity index (χ3v) is 9.13. The van der Waals surface area contributed by atoms with Crippen molar-refractivity contribution in [1.29, 1.82) is 5.26 Å². The highest BCUT2D eigenvalue weighted by atomic mass is 32.2. The summed E-state index contributed by atoms with van der Waals surface area (Å²) in [5.74, 6) is 1.69. The zero-order valence-corrected chi connectivity index (χ0v) is 21.5. The van der Waals surface area contributed by atoms with Gasteiger partial charge in [0.2, 0.25) is 15.9 Å². The fourth-order valence-electron chi connectivity index (χ4n) is 6.39. The number of hydrogen-bond acceptors (Lipinski definition) is 5. The Bertz CT molecular complexity index is 1050. The standard InChI is InChI=1S/C26H38N4O3S/c1-19(2)21-5-7-23(8-6-21)29-13-10-26(11-14-29)24-9-4-20(17-27)16-22(24)18-30(25(26)31)15-12-28-34(3,32)33/h4,9,16,19,21,23,28H,5-8,10-15,18H2,1-3H3/t21-,23+. The molecule has 0 aromatic heterocycles. The fourth-order valence-corrected chi connectivity index (χ4v) is 6.85. The van der Waals surface area contributed by atoms with Crippen molar-refractivity contribution in [2.24, 2.45) is 11.8 Å². The number of carbonyl (C=O) groups is 1. The number of rotatable bonds is 6. The van der Waals surface area contributed by atoms with Crippen LogP contribution in [0.1, 0.15) is 69.1 Å². The maximum absolute atomic E-state index is 13.8. The molecule has 34 heavy (non-hydrogen) atoms. The molecular formula is C26H38N4O3S. The molecule has 1 aliphatic carbocycles. The Hall–Kier alpha value is -1.95. The summed E-state index contributed by atoms with van der Waals surface area (Å²) in [6.45, 7) is 7.40. The van der Waals surface area contributed by atoms with E-state index < -0.39 is 15.4 Å². The quantitative estimate of drug-likeness (QED) is 0.667. The Kier molecular flexibility index (Phi) is 7.37. The molecule has 1 spiro atoms. The maximum atomic E-state index is 13.8. The van der Waals surface area contributed by atoms with Crippen LogP contribution in [0.5, 0.6) is 0 Å². The Morgan fingerprint density at radius 2 is 1.85 bits per heavy atom. The van der Waals surface area contributed by atoms with Crippen molar-refractivity contribution in [3.63, 3.8) is 0 Å². The molecule has 7 nitrogen and oxygen atoms in total. The van der Waals surface area contributed by atoms with Crippen molar-refractivity contribution in [2.75, 3.05) is 32.4 Å². The summed E-state index contributed by atoms with van der Waals surface area (Å²) in [6.07, 6.45) is 7.75. The lowest BCUT2D eigenvalue weighted by Gasteiger charge is -2.49. The van der Waals surface area contributed by atoms with Crippen molar-refractivity contribution in [2.45, 2.75) is 70.4 Å². The third kappa shape index (κ3) is 5.17. The molecule has 0 unspecified atom stereocenters. The summed E-state index contributed by atoms with van der Waals surface area (Å²) >= 11 is 0. The average molecular weight is 487 g/mol. The van der Waals surface area contributed by atoms with Gasteiger partial charge in [-0.15, -0.1) is 0 Å². The van der Waals surface area contributed by atoms with Gasteiger partial charge >= 0.3 is 0 Å². The molecule has 2 heterocycles. The van der Waals surface area contributed by atoms with Crippen LogP contribution in [0.2, 0.25) is 0 Å². The molecule has 0 radical (unpaired) electrons. The van der Waals surface area contributed by atoms with E-state index in [1.54, 1.807) is 4.90 Å². The van der Waals surface area contributed by atoms with Crippen LogP contribution in [0.4, 0.5) is 0 Å². The first-order valence-electron chi connectivity index (χ1n) is 12.6. The van der Waals surface area contributed by atoms with Crippen LogP contribution in [0, 0.1) is 23.2 Å². The molecule has 8 heteroatoms. The molecule has 1 aromatic rings. The average Bonchev–Trinajstić information content (AvgIpc) is 2.81. The topological polar surface area (TPSA) is 93.5 Å². The van der Waals surface area contributed by atoms with Gasteiger partial charge in [-0.3, -0.25) is 4.79 Å². The zero-order chi connectivity index (χ0) is 24.5. The molecule has 3 aliphatic rings. The normalized spacial score (nSPS) is 25.4. The Labute approximate surface area is 204 Å². The van der Waals surface area contributed by atoms with Crippen LogP contribution in [0.3, 0.4) is 0 Å². The lowest BCUT2D eigenvalue weighted by atomic mass is 9.67. The first kappa shape index (κ1) is 25.2. The second kappa shape index (κ2) is 9.96. The number of nitrogens with one attached hydrogen (secondary N) is 1. The fraction of sp³-hybridized carbons (Fsp3) is 0.692. The van der Waals surface area contributed by atoms with E-state index in [-0.39, 0.29) is 12.5 Å². The monoisotopic (exact) mass is 486 g/mol. The van der Waals surface area contributed by atoms with Crippen LogP contribution in [-0.4, -0.2) is 62.6 Å². The molecule has 1 aromatic carbocycles. The molecular weight excluding hydrogens is 448 g/mol. The maximum Gasteiger partial charge on any atom is 0.233 e. The summed E-state index contributed by atoms with van der Waals surface area (Å²) in [5, 5.41) is 9.41.